The van der Waals surface area contributed by atoms with E-state index < -0.39 is 5.92 Å². The van der Waals surface area contributed by atoms with Crippen molar-refractivity contribution < 1.29 is 4.79 Å². The molecule has 15 heavy (non-hydrogen) atoms. The molecule has 0 aromatic heterocycles. The van der Waals surface area contributed by atoms with Gasteiger partial charge < -0.3 is 10.2 Å². The first kappa shape index (κ1) is 12.0. The largest absolute Gasteiger partial charge is 0.353 e. The predicted octanol–water partition coefficient (Wildman–Crippen LogP) is 0.747. The van der Waals surface area contributed by atoms with Crippen LogP contribution >= 0.6 is 0 Å². The summed E-state index contributed by atoms with van der Waals surface area (Å²) in [5.41, 5.74) is 0.130. The van der Waals surface area contributed by atoms with Gasteiger partial charge in [0, 0.05) is 12.1 Å². The minimum Gasteiger partial charge on any atom is -0.353 e. The Balaban J connectivity index is 2.42. The molecule has 0 saturated heterocycles. The maximum Gasteiger partial charge on any atom is 0.237 e. The molecule has 0 bridgehead atoms. The zero-order valence-corrected chi connectivity index (χ0v) is 9.71. The lowest BCUT2D eigenvalue weighted by molar-refractivity contribution is -0.124. The Morgan fingerprint density at radius 1 is 1.60 bits per heavy atom. The monoisotopic (exact) mass is 209 g/mol. The van der Waals surface area contributed by atoms with Crippen LogP contribution in [0, 0.1) is 17.2 Å². The minimum absolute atomic E-state index is 0.130. The number of carbonyl (C=O) groups excluding carboxylic acids is 1. The summed E-state index contributed by atoms with van der Waals surface area (Å²) in [6.07, 6.45) is 3.48. The van der Waals surface area contributed by atoms with Crippen LogP contribution in [0.15, 0.2) is 0 Å². The van der Waals surface area contributed by atoms with E-state index in [2.05, 4.69) is 10.2 Å². The first-order chi connectivity index (χ1) is 7.02. The number of nitrogens with one attached hydrogen (secondary N) is 1. The summed E-state index contributed by atoms with van der Waals surface area (Å²) in [6.45, 7) is 2.28. The van der Waals surface area contributed by atoms with E-state index in [9.17, 15) is 4.79 Å². The van der Waals surface area contributed by atoms with E-state index in [-0.39, 0.29) is 11.4 Å². The average molecular weight is 209 g/mol. The molecule has 1 amide bonds. The van der Waals surface area contributed by atoms with Gasteiger partial charge in [-0.05, 0) is 40.3 Å². The van der Waals surface area contributed by atoms with Crippen molar-refractivity contribution in [2.75, 3.05) is 20.6 Å². The molecule has 0 spiro atoms. The Hall–Kier alpha value is -1.08. The van der Waals surface area contributed by atoms with Crippen molar-refractivity contribution in [1.29, 1.82) is 5.26 Å². The molecule has 84 valence electrons. The Bertz CT molecular complexity index is 276. The Morgan fingerprint density at radius 2 is 2.20 bits per heavy atom. The number of likely N-dealkylation sites (N-methyl/N-ethyl adjacent to an activating group) is 1. The van der Waals surface area contributed by atoms with Gasteiger partial charge in [-0.15, -0.1) is 0 Å². The number of nitrogens with zero attached hydrogens (tertiary/aromatic N) is 2. The summed E-state index contributed by atoms with van der Waals surface area (Å²) in [5.74, 6) is -0.713. The van der Waals surface area contributed by atoms with E-state index in [1.165, 1.54) is 6.42 Å². The first-order valence-electron chi connectivity index (χ1n) is 5.36. The van der Waals surface area contributed by atoms with Crippen molar-refractivity contribution in [2.24, 2.45) is 5.92 Å². The van der Waals surface area contributed by atoms with Crippen LogP contribution in [0.5, 0.6) is 0 Å². The molecule has 1 aliphatic rings. The number of rotatable bonds is 4. The summed E-state index contributed by atoms with van der Waals surface area (Å²) in [5, 5.41) is 11.4. The van der Waals surface area contributed by atoms with Crippen LogP contribution in [0.3, 0.4) is 0 Å². The molecule has 1 fully saturated rings. The molecule has 1 unspecified atom stereocenters. The second-order valence-electron chi connectivity index (χ2n) is 4.54. The van der Waals surface area contributed by atoms with Crippen molar-refractivity contribution in [3.05, 3.63) is 0 Å². The molecule has 0 aromatic carbocycles. The van der Waals surface area contributed by atoms with Gasteiger partial charge in [-0.2, -0.15) is 5.26 Å². The third kappa shape index (κ3) is 2.48. The Kier molecular flexibility index (Phi) is 3.70. The lowest BCUT2D eigenvalue weighted by Crippen LogP contribution is -2.57. The van der Waals surface area contributed by atoms with Crippen LogP contribution in [-0.2, 0) is 4.79 Å². The van der Waals surface area contributed by atoms with Gasteiger partial charge in [0.15, 0.2) is 0 Å². The van der Waals surface area contributed by atoms with Gasteiger partial charge in [-0.3, -0.25) is 4.79 Å². The molecule has 1 rings (SSSR count). The van der Waals surface area contributed by atoms with Gasteiger partial charge in [-0.25, -0.2) is 0 Å². The lowest BCUT2D eigenvalue weighted by Gasteiger charge is -2.47. The van der Waals surface area contributed by atoms with Crippen LogP contribution in [0.25, 0.3) is 0 Å². The predicted molar refractivity (Wildman–Crippen MR) is 58.1 cm³/mol. The molecule has 0 aromatic rings. The van der Waals surface area contributed by atoms with E-state index in [0.717, 1.165) is 12.8 Å². The zero-order chi connectivity index (χ0) is 11.5. The van der Waals surface area contributed by atoms with Gasteiger partial charge in [0.05, 0.1) is 6.07 Å². The smallest absolute Gasteiger partial charge is 0.237 e. The maximum absolute atomic E-state index is 11.4. The van der Waals surface area contributed by atoms with Crippen LogP contribution in [0.4, 0.5) is 0 Å². The van der Waals surface area contributed by atoms with Crippen molar-refractivity contribution in [3.63, 3.8) is 0 Å². The second kappa shape index (κ2) is 4.63. The highest BCUT2D eigenvalue weighted by molar-refractivity contribution is 5.80. The number of hydrogen-bond acceptors (Lipinski definition) is 3. The molecule has 1 saturated carbocycles. The molecule has 0 radical (unpaired) electrons. The second-order valence-corrected chi connectivity index (χ2v) is 4.54. The standard InChI is InChI=1S/C11H19N3O/c1-9(7-12)10(15)13-8-11(14(2)3)5-4-6-11/h9H,4-6,8H2,1-3H3,(H,13,15). The highest BCUT2D eigenvalue weighted by atomic mass is 16.1. The van der Waals surface area contributed by atoms with Crippen molar-refractivity contribution in [1.82, 2.24) is 10.2 Å². The average Bonchev–Trinajstić information content (AvgIpc) is 2.14. The molecule has 0 aliphatic heterocycles. The van der Waals surface area contributed by atoms with E-state index in [4.69, 9.17) is 5.26 Å². The Labute approximate surface area is 91.2 Å². The third-order valence-electron chi connectivity index (χ3n) is 3.41. The highest BCUT2D eigenvalue weighted by Gasteiger charge is 2.39. The molecular formula is C11H19N3O. The van der Waals surface area contributed by atoms with E-state index in [0.29, 0.717) is 6.54 Å². The number of hydrogen-bond donors (Lipinski definition) is 1. The molecular weight excluding hydrogens is 190 g/mol. The first-order valence-corrected chi connectivity index (χ1v) is 5.36. The van der Waals surface area contributed by atoms with E-state index in [1.807, 2.05) is 20.2 Å². The zero-order valence-electron chi connectivity index (χ0n) is 9.71. The summed E-state index contributed by atoms with van der Waals surface area (Å²) >= 11 is 0. The van der Waals surface area contributed by atoms with Crippen LogP contribution in [0.2, 0.25) is 0 Å². The van der Waals surface area contributed by atoms with E-state index in [1.54, 1.807) is 6.92 Å². The molecule has 4 heteroatoms. The molecule has 4 nitrogen and oxygen atoms in total. The Morgan fingerprint density at radius 3 is 2.53 bits per heavy atom. The van der Waals surface area contributed by atoms with Crippen LogP contribution < -0.4 is 5.32 Å². The topological polar surface area (TPSA) is 56.1 Å². The van der Waals surface area contributed by atoms with Crippen molar-refractivity contribution in [3.8, 4) is 6.07 Å². The van der Waals surface area contributed by atoms with Gasteiger partial charge in [0.2, 0.25) is 5.91 Å². The molecule has 1 aliphatic carbocycles. The fourth-order valence-corrected chi connectivity index (χ4v) is 1.83. The maximum atomic E-state index is 11.4. The van der Waals surface area contributed by atoms with Gasteiger partial charge in [-0.1, -0.05) is 0 Å². The van der Waals surface area contributed by atoms with Gasteiger partial charge in [0.25, 0.3) is 0 Å². The summed E-state index contributed by atoms with van der Waals surface area (Å²) in [7, 11) is 4.08. The SMILES string of the molecule is CC(C#N)C(=O)NCC1(N(C)C)CCC1. The lowest BCUT2D eigenvalue weighted by atomic mass is 9.75. The van der Waals surface area contributed by atoms with Gasteiger partial charge in [0.1, 0.15) is 5.92 Å². The number of amides is 1. The summed E-state index contributed by atoms with van der Waals surface area (Å²) < 4.78 is 0. The van der Waals surface area contributed by atoms with Crippen LogP contribution in [0.1, 0.15) is 26.2 Å². The molecule has 0 heterocycles. The third-order valence-corrected chi connectivity index (χ3v) is 3.41. The van der Waals surface area contributed by atoms with E-state index >= 15 is 0 Å². The van der Waals surface area contributed by atoms with Crippen LogP contribution in [-0.4, -0.2) is 37.0 Å². The quantitative estimate of drug-likeness (QED) is 0.743. The van der Waals surface area contributed by atoms with Crippen molar-refractivity contribution in [2.45, 2.75) is 31.7 Å². The minimum atomic E-state index is -0.552. The molecule has 1 N–H and O–H groups in total. The fraction of sp³-hybridized carbons (Fsp3) is 0.818. The summed E-state index contributed by atoms with van der Waals surface area (Å²) in [6, 6.07) is 1.94. The molecule has 1 atom stereocenters. The van der Waals surface area contributed by atoms with Crippen molar-refractivity contribution >= 4 is 5.91 Å². The summed E-state index contributed by atoms with van der Waals surface area (Å²) in [4.78, 5) is 13.6. The number of nitriles is 1. The number of carbonyl (C=O) groups is 1. The highest BCUT2D eigenvalue weighted by Crippen LogP contribution is 2.35. The van der Waals surface area contributed by atoms with Gasteiger partial charge >= 0.3 is 0 Å². The normalized spacial score (nSPS) is 20.2. The fourth-order valence-electron chi connectivity index (χ4n) is 1.83.